The highest BCUT2D eigenvalue weighted by molar-refractivity contribution is 5.78. The number of fused-ring (bicyclic) bond motifs is 1. The lowest BCUT2D eigenvalue weighted by atomic mass is 10.1. The van der Waals surface area contributed by atoms with E-state index in [1.54, 1.807) is 18.3 Å². The van der Waals surface area contributed by atoms with E-state index in [-0.39, 0.29) is 11.2 Å². The molecule has 0 saturated heterocycles. The van der Waals surface area contributed by atoms with Crippen LogP contribution in [0.15, 0.2) is 59.5 Å². The third-order valence-corrected chi connectivity index (χ3v) is 3.61. The Morgan fingerprint density at radius 3 is 2.67 bits per heavy atom. The van der Waals surface area contributed by atoms with Gasteiger partial charge in [0.2, 0.25) is 0 Å². The van der Waals surface area contributed by atoms with Crippen LogP contribution in [0.1, 0.15) is 11.1 Å². The molecule has 0 atom stereocenters. The number of nitrogens with two attached hydrogens (primary N) is 1. The Morgan fingerprint density at radius 2 is 1.86 bits per heavy atom. The summed E-state index contributed by atoms with van der Waals surface area (Å²) in [5, 5.41) is 0.658. The summed E-state index contributed by atoms with van der Waals surface area (Å²) in [6.07, 6.45) is 1.73. The van der Waals surface area contributed by atoms with Crippen LogP contribution >= 0.6 is 0 Å². The van der Waals surface area contributed by atoms with Crippen LogP contribution in [0.2, 0.25) is 0 Å². The van der Waals surface area contributed by atoms with Gasteiger partial charge in [0, 0.05) is 30.7 Å². The molecular formula is C17H15FN2O. The van der Waals surface area contributed by atoms with Crippen molar-refractivity contribution in [2.45, 2.75) is 13.1 Å². The molecule has 1 heterocycles. The van der Waals surface area contributed by atoms with E-state index >= 15 is 0 Å². The van der Waals surface area contributed by atoms with Gasteiger partial charge in [0.1, 0.15) is 5.82 Å². The lowest BCUT2D eigenvalue weighted by Crippen LogP contribution is -2.11. The van der Waals surface area contributed by atoms with E-state index in [0.29, 0.717) is 18.5 Å². The molecule has 3 aromatic rings. The predicted molar refractivity (Wildman–Crippen MR) is 81.6 cm³/mol. The highest BCUT2D eigenvalue weighted by Crippen LogP contribution is 2.16. The highest BCUT2D eigenvalue weighted by Gasteiger charge is 2.07. The molecule has 0 amide bonds. The number of rotatable bonds is 3. The molecule has 21 heavy (non-hydrogen) atoms. The van der Waals surface area contributed by atoms with Crippen molar-refractivity contribution in [3.63, 3.8) is 0 Å². The quantitative estimate of drug-likeness (QED) is 0.803. The fourth-order valence-corrected chi connectivity index (χ4v) is 2.52. The van der Waals surface area contributed by atoms with Crippen molar-refractivity contribution in [1.29, 1.82) is 0 Å². The largest absolute Gasteiger partial charge is 0.343 e. The van der Waals surface area contributed by atoms with Crippen LogP contribution in [0.4, 0.5) is 4.39 Å². The maximum atomic E-state index is 13.5. The van der Waals surface area contributed by atoms with Crippen molar-refractivity contribution < 1.29 is 4.39 Å². The van der Waals surface area contributed by atoms with Crippen molar-refractivity contribution in [3.05, 3.63) is 81.9 Å². The second-order valence-corrected chi connectivity index (χ2v) is 4.94. The molecule has 2 aromatic carbocycles. The van der Waals surface area contributed by atoms with Crippen molar-refractivity contribution in [2.24, 2.45) is 5.73 Å². The SMILES string of the molecule is NCc1ccc(F)cc1Cn1ccc(=O)c2ccccc21. The average molecular weight is 282 g/mol. The van der Waals surface area contributed by atoms with Gasteiger partial charge in [-0.25, -0.2) is 4.39 Å². The van der Waals surface area contributed by atoms with Gasteiger partial charge in [0.15, 0.2) is 5.43 Å². The third kappa shape index (κ3) is 2.58. The van der Waals surface area contributed by atoms with Crippen molar-refractivity contribution in [3.8, 4) is 0 Å². The van der Waals surface area contributed by atoms with Gasteiger partial charge in [-0.2, -0.15) is 0 Å². The summed E-state index contributed by atoms with van der Waals surface area (Å²) in [5.74, 6) is -0.285. The Balaban J connectivity index is 2.13. The zero-order valence-corrected chi connectivity index (χ0v) is 11.4. The zero-order valence-electron chi connectivity index (χ0n) is 11.4. The molecule has 0 saturated carbocycles. The summed E-state index contributed by atoms with van der Waals surface area (Å²) in [5.41, 5.74) is 8.25. The summed E-state index contributed by atoms with van der Waals surface area (Å²) in [4.78, 5) is 11.9. The minimum Gasteiger partial charge on any atom is -0.343 e. The van der Waals surface area contributed by atoms with E-state index in [9.17, 15) is 9.18 Å². The molecule has 0 unspecified atom stereocenters. The van der Waals surface area contributed by atoms with Gasteiger partial charge in [-0.05, 0) is 35.4 Å². The second kappa shape index (κ2) is 5.50. The normalized spacial score (nSPS) is 11.0. The molecular weight excluding hydrogens is 267 g/mol. The van der Waals surface area contributed by atoms with Crippen LogP contribution in [-0.4, -0.2) is 4.57 Å². The number of aromatic nitrogens is 1. The molecule has 3 rings (SSSR count). The van der Waals surface area contributed by atoms with Crippen molar-refractivity contribution >= 4 is 10.9 Å². The Labute approximate surface area is 121 Å². The van der Waals surface area contributed by atoms with Crippen LogP contribution in [-0.2, 0) is 13.1 Å². The minimum atomic E-state index is -0.285. The van der Waals surface area contributed by atoms with Crippen LogP contribution in [0.25, 0.3) is 10.9 Å². The van der Waals surface area contributed by atoms with E-state index in [1.807, 2.05) is 22.8 Å². The Kier molecular flexibility index (Phi) is 3.54. The van der Waals surface area contributed by atoms with Crippen LogP contribution in [0.5, 0.6) is 0 Å². The molecule has 0 spiro atoms. The van der Waals surface area contributed by atoms with E-state index in [1.165, 1.54) is 18.2 Å². The summed E-state index contributed by atoms with van der Waals surface area (Å²) in [6.45, 7) is 0.832. The number of hydrogen-bond donors (Lipinski definition) is 1. The highest BCUT2D eigenvalue weighted by atomic mass is 19.1. The number of nitrogens with zero attached hydrogens (tertiary/aromatic N) is 1. The molecule has 0 aliphatic rings. The number of halogens is 1. The predicted octanol–water partition coefficient (Wildman–Crippen LogP) is 2.65. The molecule has 4 heteroatoms. The topological polar surface area (TPSA) is 48.0 Å². The van der Waals surface area contributed by atoms with Crippen molar-refractivity contribution in [2.75, 3.05) is 0 Å². The lowest BCUT2D eigenvalue weighted by Gasteiger charge is -2.13. The maximum absolute atomic E-state index is 13.5. The monoisotopic (exact) mass is 282 g/mol. The van der Waals surface area contributed by atoms with Crippen LogP contribution < -0.4 is 11.2 Å². The number of para-hydroxylation sites is 1. The molecule has 2 N–H and O–H groups in total. The first-order valence-corrected chi connectivity index (χ1v) is 6.74. The fraction of sp³-hybridized carbons (Fsp3) is 0.118. The Morgan fingerprint density at radius 1 is 1.05 bits per heavy atom. The molecule has 1 aromatic heterocycles. The van der Waals surface area contributed by atoms with Crippen LogP contribution in [0, 0.1) is 5.82 Å². The number of hydrogen-bond acceptors (Lipinski definition) is 2. The molecule has 0 aliphatic heterocycles. The molecule has 0 aliphatic carbocycles. The third-order valence-electron chi connectivity index (χ3n) is 3.61. The number of benzene rings is 2. The smallest absolute Gasteiger partial charge is 0.189 e. The second-order valence-electron chi connectivity index (χ2n) is 4.94. The van der Waals surface area contributed by atoms with E-state index < -0.39 is 0 Å². The summed E-state index contributed by atoms with van der Waals surface area (Å²) in [7, 11) is 0. The maximum Gasteiger partial charge on any atom is 0.189 e. The van der Waals surface area contributed by atoms with E-state index in [4.69, 9.17) is 5.73 Å². The van der Waals surface area contributed by atoms with Gasteiger partial charge in [-0.15, -0.1) is 0 Å². The molecule has 106 valence electrons. The van der Waals surface area contributed by atoms with Gasteiger partial charge in [0.05, 0.1) is 5.52 Å². The summed E-state index contributed by atoms with van der Waals surface area (Å²) in [6, 6.07) is 13.5. The lowest BCUT2D eigenvalue weighted by molar-refractivity contribution is 0.622. The van der Waals surface area contributed by atoms with Gasteiger partial charge < -0.3 is 10.3 Å². The molecule has 0 fully saturated rings. The van der Waals surface area contributed by atoms with Gasteiger partial charge in [-0.3, -0.25) is 4.79 Å². The molecule has 3 nitrogen and oxygen atoms in total. The van der Waals surface area contributed by atoms with Crippen LogP contribution in [0.3, 0.4) is 0 Å². The summed E-state index contributed by atoms with van der Waals surface area (Å²) >= 11 is 0. The number of pyridine rings is 1. The van der Waals surface area contributed by atoms with E-state index in [0.717, 1.165) is 16.6 Å². The average Bonchev–Trinajstić information content (AvgIpc) is 2.51. The Bertz CT molecular complexity index is 855. The standard InChI is InChI=1S/C17H15FN2O/c18-14-6-5-12(10-19)13(9-14)11-20-8-7-17(21)15-3-1-2-4-16(15)20/h1-9H,10-11,19H2. The minimum absolute atomic E-state index is 0.0138. The van der Waals surface area contributed by atoms with Gasteiger partial charge in [0.25, 0.3) is 0 Å². The molecule has 0 bridgehead atoms. The Hall–Kier alpha value is -2.46. The van der Waals surface area contributed by atoms with Gasteiger partial charge >= 0.3 is 0 Å². The summed E-state index contributed by atoms with van der Waals surface area (Å²) < 4.78 is 15.4. The first-order valence-electron chi connectivity index (χ1n) is 6.74. The van der Waals surface area contributed by atoms with E-state index in [2.05, 4.69) is 0 Å². The molecule has 0 radical (unpaired) electrons. The zero-order chi connectivity index (χ0) is 14.8. The first-order chi connectivity index (χ1) is 10.2. The fourth-order valence-electron chi connectivity index (χ4n) is 2.52. The first kappa shape index (κ1) is 13.5. The van der Waals surface area contributed by atoms with Crippen molar-refractivity contribution in [1.82, 2.24) is 4.57 Å². The van der Waals surface area contributed by atoms with Gasteiger partial charge in [-0.1, -0.05) is 18.2 Å².